The van der Waals surface area contributed by atoms with Gasteiger partial charge in [0.05, 0.1) is 15.8 Å². The summed E-state index contributed by atoms with van der Waals surface area (Å²) in [7, 11) is 0. The number of carbonyl (C=O) groups excluding carboxylic acids is 1. The number of aryl methyl sites for hydroxylation is 1. The van der Waals surface area contributed by atoms with Crippen molar-refractivity contribution in [2.24, 2.45) is 0 Å². The number of fused-ring (bicyclic) bond motifs is 1. The molecule has 7 heteroatoms. The van der Waals surface area contributed by atoms with Gasteiger partial charge in [-0.1, -0.05) is 43.4 Å². The van der Waals surface area contributed by atoms with Crippen molar-refractivity contribution in [1.29, 1.82) is 0 Å². The van der Waals surface area contributed by atoms with Crippen molar-refractivity contribution in [2.45, 2.75) is 25.2 Å². The molecule has 1 amide bonds. The summed E-state index contributed by atoms with van der Waals surface area (Å²) in [6, 6.07) is 14.4. The molecule has 1 aliphatic heterocycles. The first-order valence-corrected chi connectivity index (χ1v) is 12.8. The van der Waals surface area contributed by atoms with Gasteiger partial charge in [0.2, 0.25) is 0 Å². The maximum Gasteiger partial charge on any atom is 0.252 e. The standard InChI is InChI=1S/C24H30N4OS2/c1-3-18-9-10-20-22(17-18)31-24(26-20)28-15-13-27(14-16-28)12-11-25-23(29)19-7-5-6-8-21(19)30-4-2/h5-10,17H,3-4,11-16H2,1-2H3,(H,25,29). The molecule has 4 rings (SSSR count). The Morgan fingerprint density at radius 3 is 2.71 bits per heavy atom. The van der Waals surface area contributed by atoms with Crippen molar-refractivity contribution in [3.63, 3.8) is 0 Å². The van der Waals surface area contributed by atoms with Crippen molar-refractivity contribution in [3.8, 4) is 0 Å². The van der Waals surface area contributed by atoms with E-state index in [-0.39, 0.29) is 5.91 Å². The Morgan fingerprint density at radius 2 is 1.94 bits per heavy atom. The number of aromatic nitrogens is 1. The number of thiazole rings is 1. The van der Waals surface area contributed by atoms with Crippen LogP contribution in [0, 0.1) is 0 Å². The van der Waals surface area contributed by atoms with Gasteiger partial charge in [-0.25, -0.2) is 4.98 Å². The van der Waals surface area contributed by atoms with E-state index in [2.05, 4.69) is 47.2 Å². The molecule has 0 unspecified atom stereocenters. The largest absolute Gasteiger partial charge is 0.351 e. The summed E-state index contributed by atoms with van der Waals surface area (Å²) in [5.41, 5.74) is 3.25. The van der Waals surface area contributed by atoms with Gasteiger partial charge in [-0.05, 0) is 42.0 Å². The number of anilines is 1. The van der Waals surface area contributed by atoms with E-state index >= 15 is 0 Å². The minimum atomic E-state index is 0.0242. The van der Waals surface area contributed by atoms with E-state index in [0.717, 1.165) is 66.0 Å². The number of piperazine rings is 1. The van der Waals surface area contributed by atoms with Gasteiger partial charge in [0.15, 0.2) is 5.13 Å². The molecule has 1 aromatic heterocycles. The second-order valence-electron chi connectivity index (χ2n) is 7.67. The van der Waals surface area contributed by atoms with Crippen molar-refractivity contribution in [2.75, 3.05) is 49.9 Å². The number of thioether (sulfide) groups is 1. The zero-order chi connectivity index (χ0) is 21.6. The zero-order valence-electron chi connectivity index (χ0n) is 18.3. The van der Waals surface area contributed by atoms with E-state index in [1.165, 1.54) is 10.3 Å². The first-order chi connectivity index (χ1) is 15.2. The lowest BCUT2D eigenvalue weighted by molar-refractivity contribution is 0.0945. The molecule has 1 N–H and O–H groups in total. The Morgan fingerprint density at radius 1 is 1.13 bits per heavy atom. The average Bonchev–Trinajstić information content (AvgIpc) is 3.23. The molecule has 0 saturated carbocycles. The number of amides is 1. The van der Waals surface area contributed by atoms with Crippen molar-refractivity contribution in [3.05, 3.63) is 53.6 Å². The van der Waals surface area contributed by atoms with Crippen molar-refractivity contribution >= 4 is 44.4 Å². The van der Waals surface area contributed by atoms with Crippen molar-refractivity contribution < 1.29 is 4.79 Å². The first-order valence-electron chi connectivity index (χ1n) is 11.0. The normalized spacial score (nSPS) is 14.8. The smallest absolute Gasteiger partial charge is 0.252 e. The molecular weight excluding hydrogens is 424 g/mol. The number of carbonyl (C=O) groups is 1. The molecule has 0 aliphatic carbocycles. The minimum absolute atomic E-state index is 0.0242. The van der Waals surface area contributed by atoms with E-state index in [0.29, 0.717) is 6.54 Å². The lowest BCUT2D eigenvalue weighted by Crippen LogP contribution is -2.48. The van der Waals surface area contributed by atoms with Crippen LogP contribution in [0.4, 0.5) is 5.13 Å². The quantitative estimate of drug-likeness (QED) is 0.507. The molecule has 0 bridgehead atoms. The van der Waals surface area contributed by atoms with Gasteiger partial charge in [-0.2, -0.15) is 0 Å². The number of nitrogens with zero attached hydrogens (tertiary/aromatic N) is 3. The number of hydrogen-bond donors (Lipinski definition) is 1. The fourth-order valence-electron chi connectivity index (χ4n) is 3.83. The molecule has 3 aromatic rings. The maximum absolute atomic E-state index is 12.6. The maximum atomic E-state index is 12.6. The zero-order valence-corrected chi connectivity index (χ0v) is 19.9. The third-order valence-electron chi connectivity index (χ3n) is 5.64. The van der Waals surface area contributed by atoms with Gasteiger partial charge in [-0.15, -0.1) is 11.8 Å². The number of nitrogens with one attached hydrogen (secondary N) is 1. The topological polar surface area (TPSA) is 48.5 Å². The van der Waals surface area contributed by atoms with Gasteiger partial charge in [0.1, 0.15) is 0 Å². The molecule has 5 nitrogen and oxygen atoms in total. The molecule has 1 saturated heterocycles. The summed E-state index contributed by atoms with van der Waals surface area (Å²) in [4.78, 5) is 23.3. The Bertz CT molecular complexity index is 1030. The van der Waals surface area contributed by atoms with Crippen LogP contribution in [0.3, 0.4) is 0 Å². The predicted octanol–water partition coefficient (Wildman–Crippen LogP) is 4.52. The molecule has 0 atom stereocenters. The van der Waals surface area contributed by atoms with Gasteiger partial charge in [0.25, 0.3) is 5.91 Å². The number of rotatable bonds is 8. The van der Waals surface area contributed by atoms with Crippen LogP contribution in [-0.2, 0) is 6.42 Å². The molecular formula is C24H30N4OS2. The SMILES string of the molecule is CCSc1ccccc1C(=O)NCCN1CCN(c2nc3ccc(CC)cc3s2)CC1. The number of hydrogen-bond acceptors (Lipinski definition) is 6. The summed E-state index contributed by atoms with van der Waals surface area (Å²) in [5.74, 6) is 0.985. The second kappa shape index (κ2) is 10.5. The fraction of sp³-hybridized carbons (Fsp3) is 0.417. The monoisotopic (exact) mass is 454 g/mol. The van der Waals surface area contributed by atoms with E-state index in [4.69, 9.17) is 4.98 Å². The molecule has 2 heterocycles. The summed E-state index contributed by atoms with van der Waals surface area (Å²) in [5, 5.41) is 4.22. The van der Waals surface area contributed by atoms with E-state index in [9.17, 15) is 4.79 Å². The molecule has 2 aromatic carbocycles. The first kappa shape index (κ1) is 22.1. The van der Waals surface area contributed by atoms with Crippen molar-refractivity contribution in [1.82, 2.24) is 15.2 Å². The Labute approximate surface area is 192 Å². The van der Waals surface area contributed by atoms with Gasteiger partial charge in [-0.3, -0.25) is 9.69 Å². The molecule has 0 spiro atoms. The minimum Gasteiger partial charge on any atom is -0.351 e. The molecule has 31 heavy (non-hydrogen) atoms. The summed E-state index contributed by atoms with van der Waals surface area (Å²) >= 11 is 3.51. The van der Waals surface area contributed by atoms with Crippen LogP contribution in [-0.4, -0.2) is 60.8 Å². The van der Waals surface area contributed by atoms with Crippen LogP contribution in [0.25, 0.3) is 10.2 Å². The van der Waals surface area contributed by atoms with Crippen LogP contribution in [0.2, 0.25) is 0 Å². The highest BCUT2D eigenvalue weighted by atomic mass is 32.2. The summed E-state index contributed by atoms with van der Waals surface area (Å²) in [6.45, 7) is 9.79. The molecule has 164 valence electrons. The van der Waals surface area contributed by atoms with Gasteiger partial charge >= 0.3 is 0 Å². The third kappa shape index (κ3) is 5.40. The highest BCUT2D eigenvalue weighted by molar-refractivity contribution is 7.99. The third-order valence-corrected chi connectivity index (χ3v) is 7.67. The lowest BCUT2D eigenvalue weighted by Gasteiger charge is -2.34. The van der Waals surface area contributed by atoms with Crippen LogP contribution >= 0.6 is 23.1 Å². The van der Waals surface area contributed by atoms with Gasteiger partial charge in [0, 0.05) is 44.2 Å². The van der Waals surface area contributed by atoms with Crippen LogP contribution in [0.5, 0.6) is 0 Å². The Kier molecular flexibility index (Phi) is 7.48. The lowest BCUT2D eigenvalue weighted by atomic mass is 10.2. The summed E-state index contributed by atoms with van der Waals surface area (Å²) < 4.78 is 1.28. The van der Waals surface area contributed by atoms with Gasteiger partial charge < -0.3 is 10.2 Å². The predicted molar refractivity (Wildman–Crippen MR) is 133 cm³/mol. The highest BCUT2D eigenvalue weighted by Crippen LogP contribution is 2.30. The van der Waals surface area contributed by atoms with E-state index in [1.807, 2.05) is 24.3 Å². The molecule has 1 fully saturated rings. The van der Waals surface area contributed by atoms with E-state index in [1.54, 1.807) is 23.1 Å². The Hall–Kier alpha value is -2.09. The Balaban J connectivity index is 1.26. The van der Waals surface area contributed by atoms with E-state index < -0.39 is 0 Å². The van der Waals surface area contributed by atoms with Crippen LogP contribution < -0.4 is 10.2 Å². The molecule has 0 radical (unpaired) electrons. The molecule has 1 aliphatic rings. The second-order valence-corrected chi connectivity index (χ2v) is 9.98. The average molecular weight is 455 g/mol. The number of benzene rings is 2. The fourth-order valence-corrected chi connectivity index (χ4v) is 5.72. The van der Waals surface area contributed by atoms with Crippen LogP contribution in [0.1, 0.15) is 29.8 Å². The van der Waals surface area contributed by atoms with Crippen LogP contribution in [0.15, 0.2) is 47.4 Å². The highest BCUT2D eigenvalue weighted by Gasteiger charge is 2.20. The summed E-state index contributed by atoms with van der Waals surface area (Å²) in [6.07, 6.45) is 1.06.